The maximum atomic E-state index is 5.63. The van der Waals surface area contributed by atoms with Crippen molar-refractivity contribution in [2.75, 3.05) is 179 Å². The van der Waals surface area contributed by atoms with Crippen LogP contribution in [0.4, 0.5) is 0 Å². The van der Waals surface area contributed by atoms with E-state index in [0.717, 1.165) is 26.2 Å². The van der Waals surface area contributed by atoms with Crippen molar-refractivity contribution in [2.24, 2.45) is 0 Å². The third-order valence-electron chi connectivity index (χ3n) is 6.92. The van der Waals surface area contributed by atoms with E-state index in [4.69, 9.17) is 56.8 Å². The van der Waals surface area contributed by atoms with Crippen LogP contribution in [0.3, 0.4) is 0 Å². The largest absolute Gasteiger partial charge is 0.379 e. The molecule has 0 bridgehead atoms. The molecule has 296 valence electrons. The molecule has 0 rings (SSSR count). The summed E-state index contributed by atoms with van der Waals surface area (Å²) in [6.07, 6.45) is 10.5. The van der Waals surface area contributed by atoms with Crippen LogP contribution in [0.1, 0.15) is 58.3 Å². The Morgan fingerprint density at radius 3 is 0.694 bits per heavy atom. The lowest BCUT2D eigenvalue weighted by atomic mass is 10.1. The molecule has 0 amide bonds. The molecule has 0 saturated carbocycles. The quantitative estimate of drug-likeness (QED) is 0.0852. The second-order valence-corrected chi connectivity index (χ2v) is 11.6. The fraction of sp³-hybridized carbons (Fsp3) is 1.00. The van der Waals surface area contributed by atoms with E-state index in [1.807, 2.05) is 14.1 Å². The molecule has 0 unspecified atom stereocenters. The highest BCUT2D eigenvalue weighted by molar-refractivity contribution is 4.46. The number of rotatable bonds is 45. The van der Waals surface area contributed by atoms with E-state index in [9.17, 15) is 0 Å². The smallest absolute Gasteiger partial charge is 0.0701 e. The molecule has 0 aliphatic carbocycles. The molecular formula is C36H75NO12. The Morgan fingerprint density at radius 1 is 0.245 bits per heavy atom. The van der Waals surface area contributed by atoms with Crippen LogP contribution in [0.25, 0.3) is 0 Å². The summed E-state index contributed by atoms with van der Waals surface area (Å²) in [6.45, 7) is 16.8. The fourth-order valence-electron chi connectivity index (χ4n) is 4.11. The van der Waals surface area contributed by atoms with Gasteiger partial charge in [-0.3, -0.25) is 0 Å². The van der Waals surface area contributed by atoms with Crippen LogP contribution in [-0.2, 0) is 56.8 Å². The maximum Gasteiger partial charge on any atom is 0.0701 e. The lowest BCUT2D eigenvalue weighted by Gasteiger charge is -2.10. The zero-order valence-electron chi connectivity index (χ0n) is 31.7. The van der Waals surface area contributed by atoms with Crippen LogP contribution in [-0.4, -0.2) is 184 Å². The van der Waals surface area contributed by atoms with E-state index < -0.39 is 0 Å². The fourth-order valence-corrected chi connectivity index (χ4v) is 4.11. The molecule has 0 N–H and O–H groups in total. The predicted molar refractivity (Wildman–Crippen MR) is 191 cm³/mol. The molecular weight excluding hydrogens is 638 g/mol. The van der Waals surface area contributed by atoms with Crippen LogP contribution in [0.5, 0.6) is 0 Å². The Morgan fingerprint density at radius 2 is 0.449 bits per heavy atom. The average Bonchev–Trinajstić information content (AvgIpc) is 3.10. The molecule has 13 nitrogen and oxygen atoms in total. The van der Waals surface area contributed by atoms with Gasteiger partial charge >= 0.3 is 0 Å². The van der Waals surface area contributed by atoms with E-state index in [1.54, 1.807) is 0 Å². The molecule has 13 heteroatoms. The third-order valence-corrected chi connectivity index (χ3v) is 6.92. The summed E-state index contributed by atoms with van der Waals surface area (Å²) >= 11 is 0. The molecule has 0 spiro atoms. The van der Waals surface area contributed by atoms with Crippen molar-refractivity contribution >= 4 is 0 Å². The second kappa shape index (κ2) is 45.5. The van der Waals surface area contributed by atoms with Crippen molar-refractivity contribution in [2.45, 2.75) is 58.3 Å². The summed E-state index contributed by atoms with van der Waals surface area (Å²) in [7, 11) is 4.05. The maximum absolute atomic E-state index is 5.63. The topological polar surface area (TPSA) is 114 Å². The van der Waals surface area contributed by atoms with Gasteiger partial charge in [-0.05, 0) is 20.5 Å². The molecule has 0 aromatic rings. The van der Waals surface area contributed by atoms with Gasteiger partial charge in [-0.2, -0.15) is 0 Å². The minimum absolute atomic E-state index is 0.520. The first-order chi connectivity index (χ1) is 24.3. The molecule has 0 saturated heterocycles. The van der Waals surface area contributed by atoms with Crippen molar-refractivity contribution in [1.82, 2.24) is 4.90 Å². The number of ether oxygens (including phenoxy) is 12. The molecule has 0 radical (unpaired) electrons. The zero-order valence-corrected chi connectivity index (χ0v) is 31.7. The summed E-state index contributed by atoms with van der Waals surface area (Å²) in [6, 6.07) is 0. The monoisotopic (exact) mass is 714 g/mol. The van der Waals surface area contributed by atoms with Crippen molar-refractivity contribution in [1.29, 1.82) is 0 Å². The van der Waals surface area contributed by atoms with Crippen molar-refractivity contribution in [3.63, 3.8) is 0 Å². The zero-order chi connectivity index (χ0) is 35.4. The van der Waals surface area contributed by atoms with Gasteiger partial charge in [0.25, 0.3) is 0 Å². The van der Waals surface area contributed by atoms with E-state index in [2.05, 4.69) is 11.8 Å². The Balaban J connectivity index is 3.04. The predicted octanol–water partition coefficient (Wildman–Crippen LogP) is 3.89. The van der Waals surface area contributed by atoms with Crippen LogP contribution < -0.4 is 0 Å². The first-order valence-electron chi connectivity index (χ1n) is 18.8. The molecule has 0 heterocycles. The number of hydrogen-bond donors (Lipinski definition) is 0. The number of hydrogen-bond acceptors (Lipinski definition) is 13. The van der Waals surface area contributed by atoms with E-state index in [1.165, 1.54) is 44.9 Å². The van der Waals surface area contributed by atoms with Crippen LogP contribution in [0, 0.1) is 0 Å². The van der Waals surface area contributed by atoms with Crippen LogP contribution in [0.2, 0.25) is 0 Å². The number of likely N-dealkylation sites (N-methyl/N-ethyl adjacent to an activating group) is 1. The molecule has 0 aliphatic rings. The van der Waals surface area contributed by atoms with Gasteiger partial charge in [0.05, 0.1) is 152 Å². The highest BCUT2D eigenvalue weighted by Crippen LogP contribution is 2.08. The van der Waals surface area contributed by atoms with Gasteiger partial charge in [-0.15, -0.1) is 0 Å². The molecule has 0 atom stereocenters. The van der Waals surface area contributed by atoms with Gasteiger partial charge < -0.3 is 61.7 Å². The Labute approximate surface area is 299 Å². The first kappa shape index (κ1) is 48.5. The third kappa shape index (κ3) is 47.5. The second-order valence-electron chi connectivity index (χ2n) is 11.6. The Kier molecular flexibility index (Phi) is 45.0. The van der Waals surface area contributed by atoms with Crippen molar-refractivity contribution in [3.05, 3.63) is 0 Å². The van der Waals surface area contributed by atoms with Gasteiger partial charge in [0.2, 0.25) is 0 Å². The minimum atomic E-state index is 0.520. The van der Waals surface area contributed by atoms with E-state index in [0.29, 0.717) is 145 Å². The first-order valence-corrected chi connectivity index (χ1v) is 18.8. The lowest BCUT2D eigenvalue weighted by Crippen LogP contribution is -2.19. The number of nitrogens with zero attached hydrogens (tertiary/aromatic N) is 1. The minimum Gasteiger partial charge on any atom is -0.379 e. The molecule has 0 fully saturated rings. The van der Waals surface area contributed by atoms with E-state index >= 15 is 0 Å². The van der Waals surface area contributed by atoms with Gasteiger partial charge in [0.1, 0.15) is 0 Å². The molecule has 0 aliphatic heterocycles. The average molecular weight is 714 g/mol. The summed E-state index contributed by atoms with van der Waals surface area (Å²) in [4.78, 5) is 2.09. The highest BCUT2D eigenvalue weighted by atomic mass is 16.6. The normalized spacial score (nSPS) is 11.8. The summed E-state index contributed by atoms with van der Waals surface area (Å²) < 4.78 is 66.0. The summed E-state index contributed by atoms with van der Waals surface area (Å²) in [5, 5.41) is 0. The van der Waals surface area contributed by atoms with Crippen LogP contribution in [0.15, 0.2) is 0 Å². The van der Waals surface area contributed by atoms with Gasteiger partial charge in [0, 0.05) is 13.2 Å². The number of unbranched alkanes of at least 4 members (excludes halogenated alkanes) is 7. The lowest BCUT2D eigenvalue weighted by molar-refractivity contribution is -0.0284. The van der Waals surface area contributed by atoms with Crippen LogP contribution >= 0.6 is 0 Å². The molecule has 0 aromatic carbocycles. The Bertz CT molecular complexity index is 580. The summed E-state index contributed by atoms with van der Waals surface area (Å²) in [5.41, 5.74) is 0. The van der Waals surface area contributed by atoms with Gasteiger partial charge in [-0.25, -0.2) is 0 Å². The Hall–Kier alpha value is -0.520. The van der Waals surface area contributed by atoms with Gasteiger partial charge in [0.15, 0.2) is 0 Å². The van der Waals surface area contributed by atoms with Gasteiger partial charge in [-0.1, -0.05) is 51.9 Å². The summed E-state index contributed by atoms with van der Waals surface area (Å²) in [5.74, 6) is 0. The SMILES string of the molecule is CCCCCCCCCCOCCOCCOCCOCCOCCOCCOCCOCCOCCOCCOCCOCCN(C)C. The molecule has 49 heavy (non-hydrogen) atoms. The van der Waals surface area contributed by atoms with Crippen molar-refractivity contribution < 1.29 is 56.8 Å². The van der Waals surface area contributed by atoms with Crippen molar-refractivity contribution in [3.8, 4) is 0 Å². The highest BCUT2D eigenvalue weighted by Gasteiger charge is 1.97. The van der Waals surface area contributed by atoms with E-state index in [-0.39, 0.29) is 0 Å². The molecule has 0 aromatic heterocycles. The standard InChI is InChI=1S/C36H75NO12/c1-4-5-6-7-8-9-10-11-13-38-15-17-40-19-21-42-23-25-44-27-29-46-31-33-48-35-36-49-34-32-47-30-28-45-26-24-43-22-20-41-18-16-39-14-12-37(2)3/h4-36H2,1-3H3.